The maximum Gasteiger partial charge on any atom is 0.118 e. The van der Waals surface area contributed by atoms with Crippen LogP contribution in [0.2, 0.25) is 0 Å². The van der Waals surface area contributed by atoms with Crippen LogP contribution in [0.15, 0.2) is 35.6 Å². The van der Waals surface area contributed by atoms with Gasteiger partial charge in [0, 0.05) is 6.42 Å². The quantitative estimate of drug-likeness (QED) is 0.493. The van der Waals surface area contributed by atoms with E-state index in [1.807, 2.05) is 12.2 Å². The Labute approximate surface area is 60.7 Å². The fraction of sp³-hybridized carbons (Fsp3) is 0.333. The third-order valence-electron chi connectivity index (χ3n) is 1.87. The Balaban J connectivity index is 2.30. The van der Waals surface area contributed by atoms with Crippen LogP contribution in [0.25, 0.3) is 0 Å². The van der Waals surface area contributed by atoms with E-state index in [2.05, 4.69) is 12.2 Å². The summed E-state index contributed by atoms with van der Waals surface area (Å²) in [5.74, 6) is 1.10. The molecule has 1 heterocycles. The molecule has 0 unspecified atom stereocenters. The monoisotopic (exact) mass is 134 g/mol. The topological polar surface area (TPSA) is 9.23 Å². The van der Waals surface area contributed by atoms with Gasteiger partial charge in [-0.15, -0.1) is 0 Å². The van der Waals surface area contributed by atoms with Gasteiger partial charge in [-0.25, -0.2) is 0 Å². The summed E-state index contributed by atoms with van der Waals surface area (Å²) < 4.78 is 5.39. The first-order valence-corrected chi connectivity index (χ1v) is 3.65. The van der Waals surface area contributed by atoms with Crippen molar-refractivity contribution in [3.05, 3.63) is 35.6 Å². The molecule has 1 aliphatic carbocycles. The second-order valence-corrected chi connectivity index (χ2v) is 2.56. The highest BCUT2D eigenvalue weighted by Crippen LogP contribution is 2.24. The first kappa shape index (κ1) is 5.78. The molecule has 0 aromatic carbocycles. The molecule has 0 fully saturated rings. The van der Waals surface area contributed by atoms with E-state index < -0.39 is 0 Å². The minimum Gasteiger partial charge on any atom is -0.493 e. The molecule has 0 amide bonds. The van der Waals surface area contributed by atoms with E-state index in [9.17, 15) is 0 Å². The van der Waals surface area contributed by atoms with Gasteiger partial charge in [0.15, 0.2) is 0 Å². The van der Waals surface area contributed by atoms with E-state index in [0.29, 0.717) is 0 Å². The molecule has 0 N–H and O–H groups in total. The average molecular weight is 134 g/mol. The van der Waals surface area contributed by atoms with Crippen LogP contribution in [-0.2, 0) is 4.74 Å². The van der Waals surface area contributed by atoms with Gasteiger partial charge in [0.1, 0.15) is 5.76 Å². The summed E-state index contributed by atoms with van der Waals surface area (Å²) in [7, 11) is 0. The summed E-state index contributed by atoms with van der Waals surface area (Å²) in [6, 6.07) is 0. The Morgan fingerprint density at radius 1 is 1.30 bits per heavy atom. The Bertz CT molecular complexity index is 221. The normalized spacial score (nSPS) is 22.4. The van der Waals surface area contributed by atoms with Crippen molar-refractivity contribution in [3.63, 3.8) is 0 Å². The molecule has 10 heavy (non-hydrogen) atoms. The van der Waals surface area contributed by atoms with Crippen molar-refractivity contribution in [3.8, 4) is 0 Å². The molecule has 52 valence electrons. The zero-order valence-corrected chi connectivity index (χ0v) is 5.84. The Hall–Kier alpha value is -0.980. The highest BCUT2D eigenvalue weighted by molar-refractivity contribution is 5.30. The zero-order chi connectivity index (χ0) is 6.81. The molecule has 0 atom stereocenters. The van der Waals surface area contributed by atoms with E-state index >= 15 is 0 Å². The number of ether oxygens (including phenoxy) is 1. The lowest BCUT2D eigenvalue weighted by molar-refractivity contribution is 0.257. The summed E-state index contributed by atoms with van der Waals surface area (Å²) in [4.78, 5) is 0. The van der Waals surface area contributed by atoms with Gasteiger partial charge in [-0.1, -0.05) is 18.2 Å². The Morgan fingerprint density at radius 2 is 2.30 bits per heavy atom. The molecule has 0 aromatic heterocycles. The molecular formula is C9H10O. The molecule has 2 rings (SSSR count). The number of hydrogen-bond acceptors (Lipinski definition) is 1. The lowest BCUT2D eigenvalue weighted by Gasteiger charge is -1.95. The maximum absolute atomic E-state index is 5.39. The van der Waals surface area contributed by atoms with Gasteiger partial charge in [-0.3, -0.25) is 0 Å². The van der Waals surface area contributed by atoms with Crippen LogP contribution in [0.1, 0.15) is 12.8 Å². The van der Waals surface area contributed by atoms with Gasteiger partial charge >= 0.3 is 0 Å². The van der Waals surface area contributed by atoms with Crippen molar-refractivity contribution in [2.24, 2.45) is 0 Å². The van der Waals surface area contributed by atoms with Crippen molar-refractivity contribution in [2.45, 2.75) is 12.8 Å². The molecule has 0 bridgehead atoms. The van der Waals surface area contributed by atoms with Gasteiger partial charge < -0.3 is 4.74 Å². The first-order valence-electron chi connectivity index (χ1n) is 3.65. The van der Waals surface area contributed by atoms with Crippen molar-refractivity contribution < 1.29 is 4.74 Å². The van der Waals surface area contributed by atoms with Crippen molar-refractivity contribution in [1.82, 2.24) is 0 Å². The van der Waals surface area contributed by atoms with Crippen molar-refractivity contribution in [1.29, 1.82) is 0 Å². The predicted octanol–water partition coefficient (Wildman–Crippen LogP) is 2.18. The second kappa shape index (κ2) is 2.33. The van der Waals surface area contributed by atoms with E-state index in [4.69, 9.17) is 4.74 Å². The molecule has 1 aliphatic heterocycles. The summed E-state index contributed by atoms with van der Waals surface area (Å²) in [6.45, 7) is 0.878. The molecule has 1 heteroatoms. The smallest absolute Gasteiger partial charge is 0.118 e. The van der Waals surface area contributed by atoms with Crippen LogP contribution in [0.4, 0.5) is 0 Å². The molecule has 0 spiro atoms. The highest BCUT2D eigenvalue weighted by Gasteiger charge is 2.12. The third-order valence-corrected chi connectivity index (χ3v) is 1.87. The molecule has 1 nitrogen and oxygen atoms in total. The Morgan fingerprint density at radius 3 is 3.30 bits per heavy atom. The molecule has 0 saturated heterocycles. The Kier molecular flexibility index (Phi) is 1.35. The van der Waals surface area contributed by atoms with E-state index in [-0.39, 0.29) is 0 Å². The van der Waals surface area contributed by atoms with Crippen LogP contribution in [0.5, 0.6) is 0 Å². The standard InChI is InChI=1S/C9H10O/c1-2-4-8-6-7-10-9(8)5-3-1/h1-3,5H,4,6-7H2. The largest absolute Gasteiger partial charge is 0.493 e. The minimum atomic E-state index is 0.878. The highest BCUT2D eigenvalue weighted by atomic mass is 16.5. The molecule has 0 saturated carbocycles. The van der Waals surface area contributed by atoms with Crippen LogP contribution < -0.4 is 0 Å². The van der Waals surface area contributed by atoms with E-state index in [1.165, 1.54) is 5.57 Å². The third kappa shape index (κ3) is 0.878. The number of rotatable bonds is 0. The van der Waals surface area contributed by atoms with Gasteiger partial charge in [-0.2, -0.15) is 0 Å². The van der Waals surface area contributed by atoms with Crippen molar-refractivity contribution >= 4 is 0 Å². The fourth-order valence-electron chi connectivity index (χ4n) is 1.31. The molecule has 2 aliphatic rings. The van der Waals surface area contributed by atoms with Crippen LogP contribution in [-0.4, -0.2) is 6.61 Å². The molecular weight excluding hydrogens is 124 g/mol. The molecule has 0 radical (unpaired) electrons. The molecule has 0 aromatic rings. The number of hydrogen-bond donors (Lipinski definition) is 0. The van der Waals surface area contributed by atoms with Crippen LogP contribution in [0, 0.1) is 0 Å². The van der Waals surface area contributed by atoms with E-state index in [0.717, 1.165) is 25.2 Å². The summed E-state index contributed by atoms with van der Waals surface area (Å²) in [6.07, 6.45) is 10.5. The lowest BCUT2D eigenvalue weighted by atomic mass is 10.1. The van der Waals surface area contributed by atoms with Gasteiger partial charge in [0.25, 0.3) is 0 Å². The average Bonchev–Trinajstić information content (AvgIpc) is 2.28. The lowest BCUT2D eigenvalue weighted by Crippen LogP contribution is -1.78. The van der Waals surface area contributed by atoms with Gasteiger partial charge in [0.05, 0.1) is 6.61 Å². The zero-order valence-electron chi connectivity index (χ0n) is 5.84. The number of allylic oxidation sites excluding steroid dienone is 4. The van der Waals surface area contributed by atoms with Gasteiger partial charge in [0.2, 0.25) is 0 Å². The van der Waals surface area contributed by atoms with Crippen molar-refractivity contribution in [2.75, 3.05) is 6.61 Å². The summed E-state index contributed by atoms with van der Waals surface area (Å²) in [5, 5.41) is 0. The summed E-state index contributed by atoms with van der Waals surface area (Å²) in [5.41, 5.74) is 1.45. The van der Waals surface area contributed by atoms with E-state index in [1.54, 1.807) is 0 Å². The maximum atomic E-state index is 5.39. The summed E-state index contributed by atoms with van der Waals surface area (Å²) >= 11 is 0. The SMILES string of the molecule is C1=CCC2=C(C=C1)OCC2. The minimum absolute atomic E-state index is 0.878. The first-order chi connectivity index (χ1) is 4.97. The predicted molar refractivity (Wildman–Crippen MR) is 40.5 cm³/mol. The fourth-order valence-corrected chi connectivity index (χ4v) is 1.31. The van der Waals surface area contributed by atoms with Crippen LogP contribution in [0.3, 0.4) is 0 Å². The second-order valence-electron chi connectivity index (χ2n) is 2.56. The van der Waals surface area contributed by atoms with Crippen LogP contribution >= 0.6 is 0 Å². The van der Waals surface area contributed by atoms with Gasteiger partial charge in [-0.05, 0) is 18.1 Å².